The van der Waals surface area contributed by atoms with Crippen molar-refractivity contribution in [2.24, 2.45) is 0 Å². The molecule has 0 bridgehead atoms. The maximum absolute atomic E-state index is 13.5. The summed E-state index contributed by atoms with van der Waals surface area (Å²) in [5.74, 6) is -5.91. The highest BCUT2D eigenvalue weighted by Crippen LogP contribution is 2.28. The fraction of sp³-hybridized carbons (Fsp3) is 0. The lowest BCUT2D eigenvalue weighted by molar-refractivity contribution is -0.384. The van der Waals surface area contributed by atoms with Gasteiger partial charge in [0.2, 0.25) is 0 Å². The van der Waals surface area contributed by atoms with Gasteiger partial charge in [-0.15, -0.1) is 0 Å². The van der Waals surface area contributed by atoms with Crippen LogP contribution in [0.25, 0.3) is 0 Å². The highest BCUT2D eigenvalue weighted by Gasteiger charge is 2.20. The molecule has 1 N–H and O–H groups in total. The zero-order valence-corrected chi connectivity index (χ0v) is 12.2. The largest absolute Gasteiger partial charge is 0.321 e. The number of nitrogens with one attached hydrogen (secondary N) is 1. The van der Waals surface area contributed by atoms with E-state index in [4.69, 9.17) is 0 Å². The van der Waals surface area contributed by atoms with Crippen molar-refractivity contribution < 1.29 is 22.9 Å². The Hall–Kier alpha value is -2.42. The second kappa shape index (κ2) is 6.14. The summed E-state index contributed by atoms with van der Waals surface area (Å²) in [5, 5.41) is 12.9. The van der Waals surface area contributed by atoms with Crippen molar-refractivity contribution >= 4 is 33.2 Å². The predicted molar refractivity (Wildman–Crippen MR) is 75.1 cm³/mol. The highest BCUT2D eigenvalue weighted by atomic mass is 79.9. The molecule has 2 aromatic rings. The van der Waals surface area contributed by atoms with E-state index in [0.29, 0.717) is 10.5 Å². The molecule has 2 aromatic carbocycles. The number of amides is 1. The maximum Gasteiger partial charge on any atom is 0.271 e. The molecule has 5 nitrogen and oxygen atoms in total. The van der Waals surface area contributed by atoms with Gasteiger partial charge in [-0.25, -0.2) is 13.2 Å². The average molecular weight is 375 g/mol. The normalized spacial score (nSPS) is 10.4. The van der Waals surface area contributed by atoms with Gasteiger partial charge >= 0.3 is 0 Å². The summed E-state index contributed by atoms with van der Waals surface area (Å²) in [6.07, 6.45) is 0. The number of rotatable bonds is 3. The number of carbonyl (C=O) groups is 1. The molecule has 0 fully saturated rings. The summed E-state index contributed by atoms with van der Waals surface area (Å²) in [6.45, 7) is 0. The molecule has 0 heterocycles. The van der Waals surface area contributed by atoms with Crippen LogP contribution in [0.3, 0.4) is 0 Å². The third-order valence-corrected chi connectivity index (χ3v) is 3.38. The Morgan fingerprint density at radius 3 is 2.45 bits per heavy atom. The van der Waals surface area contributed by atoms with Gasteiger partial charge in [0, 0.05) is 16.6 Å². The van der Waals surface area contributed by atoms with E-state index >= 15 is 0 Å². The molecule has 0 aromatic heterocycles. The lowest BCUT2D eigenvalue weighted by Gasteiger charge is -2.08. The lowest BCUT2D eigenvalue weighted by Crippen LogP contribution is -2.15. The van der Waals surface area contributed by atoms with Crippen LogP contribution in [0.4, 0.5) is 24.5 Å². The number of nitro benzene ring substituents is 1. The topological polar surface area (TPSA) is 72.2 Å². The first-order chi connectivity index (χ1) is 10.3. The Bertz CT molecular complexity index is 783. The van der Waals surface area contributed by atoms with Gasteiger partial charge in [-0.05, 0) is 34.1 Å². The van der Waals surface area contributed by atoms with E-state index in [-0.39, 0.29) is 11.4 Å². The third-order valence-electron chi connectivity index (χ3n) is 2.69. The SMILES string of the molecule is O=C(Nc1cc([N+](=O)[O-])ccc1Br)c1ccc(F)c(F)c1F. The minimum atomic E-state index is -1.77. The average Bonchev–Trinajstić information content (AvgIpc) is 2.46. The molecule has 0 spiro atoms. The summed E-state index contributed by atoms with van der Waals surface area (Å²) in [5.41, 5.74) is -1.04. The number of anilines is 1. The fourth-order valence-electron chi connectivity index (χ4n) is 1.61. The third kappa shape index (κ3) is 3.08. The molecule has 9 heteroatoms. The monoisotopic (exact) mass is 374 g/mol. The van der Waals surface area contributed by atoms with Crippen LogP contribution in [-0.4, -0.2) is 10.8 Å². The molecule has 0 radical (unpaired) electrons. The van der Waals surface area contributed by atoms with Gasteiger partial charge in [-0.1, -0.05) is 0 Å². The molecule has 0 aliphatic carbocycles. The van der Waals surface area contributed by atoms with E-state index in [1.54, 1.807) is 0 Å². The summed E-state index contributed by atoms with van der Waals surface area (Å²) >= 11 is 3.06. The Balaban J connectivity index is 2.35. The summed E-state index contributed by atoms with van der Waals surface area (Å²) < 4.78 is 39.8. The molecule has 2 rings (SSSR count). The fourth-order valence-corrected chi connectivity index (χ4v) is 1.96. The molecule has 0 unspecified atom stereocenters. The van der Waals surface area contributed by atoms with Crippen molar-refractivity contribution in [3.05, 3.63) is 67.9 Å². The Labute approximate surface area is 130 Å². The van der Waals surface area contributed by atoms with E-state index < -0.39 is 33.8 Å². The van der Waals surface area contributed by atoms with Crippen molar-refractivity contribution in [1.29, 1.82) is 0 Å². The minimum absolute atomic E-state index is 0.0108. The van der Waals surface area contributed by atoms with E-state index in [0.717, 1.165) is 12.1 Å². The van der Waals surface area contributed by atoms with Crippen LogP contribution >= 0.6 is 15.9 Å². The van der Waals surface area contributed by atoms with Crippen LogP contribution < -0.4 is 5.32 Å². The van der Waals surface area contributed by atoms with Crippen molar-refractivity contribution in [2.45, 2.75) is 0 Å². The number of carbonyl (C=O) groups excluding carboxylic acids is 1. The van der Waals surface area contributed by atoms with Crippen LogP contribution in [0.2, 0.25) is 0 Å². The summed E-state index contributed by atoms with van der Waals surface area (Å²) in [6, 6.07) is 4.93. The molecule has 0 saturated heterocycles. The Kier molecular flexibility index (Phi) is 4.45. The van der Waals surface area contributed by atoms with Crippen molar-refractivity contribution in [1.82, 2.24) is 0 Å². The molecule has 1 amide bonds. The molecule has 0 aliphatic rings. The van der Waals surface area contributed by atoms with Gasteiger partial charge in [0.1, 0.15) is 0 Å². The summed E-state index contributed by atoms with van der Waals surface area (Å²) in [4.78, 5) is 21.9. The van der Waals surface area contributed by atoms with Crippen molar-refractivity contribution in [3.63, 3.8) is 0 Å². The second-order valence-corrected chi connectivity index (χ2v) is 4.95. The van der Waals surface area contributed by atoms with Crippen molar-refractivity contribution in [2.75, 3.05) is 5.32 Å². The smallest absolute Gasteiger partial charge is 0.271 e. The predicted octanol–water partition coefficient (Wildman–Crippen LogP) is 4.03. The highest BCUT2D eigenvalue weighted by molar-refractivity contribution is 9.10. The van der Waals surface area contributed by atoms with E-state index in [1.165, 1.54) is 12.1 Å². The molecule has 0 aliphatic heterocycles. The van der Waals surface area contributed by atoms with Crippen LogP contribution in [0, 0.1) is 27.6 Å². The van der Waals surface area contributed by atoms with E-state index in [9.17, 15) is 28.1 Å². The molecule has 114 valence electrons. The number of non-ortho nitro benzene ring substituents is 1. The molecular formula is C13H6BrF3N2O3. The maximum atomic E-state index is 13.5. The second-order valence-electron chi connectivity index (χ2n) is 4.10. The number of hydrogen-bond acceptors (Lipinski definition) is 3. The molecule has 0 saturated carbocycles. The number of benzene rings is 2. The van der Waals surface area contributed by atoms with Crippen LogP contribution in [-0.2, 0) is 0 Å². The van der Waals surface area contributed by atoms with Gasteiger partial charge in [0.25, 0.3) is 11.6 Å². The van der Waals surface area contributed by atoms with Crippen molar-refractivity contribution in [3.8, 4) is 0 Å². The van der Waals surface area contributed by atoms with Gasteiger partial charge in [0.15, 0.2) is 17.5 Å². The molecule has 22 heavy (non-hydrogen) atoms. The zero-order valence-electron chi connectivity index (χ0n) is 10.6. The lowest BCUT2D eigenvalue weighted by atomic mass is 10.1. The van der Waals surface area contributed by atoms with Gasteiger partial charge in [-0.3, -0.25) is 14.9 Å². The number of nitro groups is 1. The molecule has 0 atom stereocenters. The number of hydrogen-bond donors (Lipinski definition) is 1. The number of halogens is 4. The quantitative estimate of drug-likeness (QED) is 0.500. The first kappa shape index (κ1) is 16.0. The minimum Gasteiger partial charge on any atom is -0.321 e. The Morgan fingerprint density at radius 2 is 1.82 bits per heavy atom. The zero-order chi connectivity index (χ0) is 16.4. The van der Waals surface area contributed by atoms with Crippen LogP contribution in [0.5, 0.6) is 0 Å². The first-order valence-electron chi connectivity index (χ1n) is 5.70. The molecular weight excluding hydrogens is 369 g/mol. The van der Waals surface area contributed by atoms with Crippen LogP contribution in [0.15, 0.2) is 34.8 Å². The summed E-state index contributed by atoms with van der Waals surface area (Å²) in [7, 11) is 0. The Morgan fingerprint density at radius 1 is 1.14 bits per heavy atom. The van der Waals surface area contributed by atoms with Gasteiger partial charge in [-0.2, -0.15) is 0 Å². The van der Waals surface area contributed by atoms with Crippen LogP contribution in [0.1, 0.15) is 10.4 Å². The standard InChI is InChI=1S/C13H6BrF3N2O3/c14-8-3-1-6(19(21)22)5-10(8)18-13(20)7-2-4-9(15)12(17)11(7)16/h1-5H,(H,18,20). The number of nitrogens with zero attached hydrogens (tertiary/aromatic N) is 1. The van der Waals surface area contributed by atoms with Gasteiger partial charge < -0.3 is 5.32 Å². The van der Waals surface area contributed by atoms with E-state index in [2.05, 4.69) is 21.2 Å². The van der Waals surface area contributed by atoms with E-state index in [1.807, 2.05) is 0 Å². The first-order valence-corrected chi connectivity index (χ1v) is 6.49. The van der Waals surface area contributed by atoms with Gasteiger partial charge in [0.05, 0.1) is 16.2 Å².